The lowest BCUT2D eigenvalue weighted by atomic mass is 10.1. The van der Waals surface area contributed by atoms with Gasteiger partial charge in [0.1, 0.15) is 18.7 Å². The van der Waals surface area contributed by atoms with Gasteiger partial charge in [-0.2, -0.15) is 0 Å². The van der Waals surface area contributed by atoms with Gasteiger partial charge in [-0.15, -0.1) is 0 Å². The number of carbonyl (C=O) groups is 1. The molecule has 1 aromatic heterocycles. The Labute approximate surface area is 150 Å². The van der Waals surface area contributed by atoms with Crippen LogP contribution in [-0.4, -0.2) is 60.3 Å². The van der Waals surface area contributed by atoms with E-state index in [1.54, 1.807) is 18.2 Å². The van der Waals surface area contributed by atoms with Crippen LogP contribution in [-0.2, 0) is 4.74 Å². The van der Waals surface area contributed by atoms with Crippen LogP contribution in [0.2, 0.25) is 5.02 Å². The number of aromatic nitrogens is 2. The van der Waals surface area contributed by atoms with Gasteiger partial charge in [0.05, 0.1) is 35.6 Å². The highest BCUT2D eigenvalue weighted by Gasteiger charge is 2.11. The molecule has 0 aliphatic carbocycles. The smallest absolute Gasteiger partial charge is 0.137 e. The maximum atomic E-state index is 10.9. The first kappa shape index (κ1) is 17.6. The highest BCUT2D eigenvalue weighted by atomic mass is 35.5. The summed E-state index contributed by atoms with van der Waals surface area (Å²) >= 11 is 6.27. The molecule has 0 N–H and O–H groups in total. The number of aromatic carboxylic acids is 1. The second-order valence-corrected chi connectivity index (χ2v) is 5.93. The lowest BCUT2D eigenvalue weighted by molar-refractivity contribution is -0.255. The van der Waals surface area contributed by atoms with Gasteiger partial charge >= 0.3 is 0 Å². The zero-order valence-electron chi connectivity index (χ0n) is 13.5. The van der Waals surface area contributed by atoms with Crippen LogP contribution < -0.4 is 9.84 Å². The molecular formula is C17H17ClN3O4-. The zero-order valence-corrected chi connectivity index (χ0v) is 14.2. The molecule has 0 bridgehead atoms. The molecule has 1 aromatic carbocycles. The molecule has 1 fully saturated rings. The highest BCUT2D eigenvalue weighted by molar-refractivity contribution is 6.32. The van der Waals surface area contributed by atoms with Crippen molar-refractivity contribution in [1.82, 2.24) is 14.9 Å². The second kappa shape index (κ2) is 8.24. The first-order valence-corrected chi connectivity index (χ1v) is 8.27. The number of carboxylic acid groups (broad SMARTS) is 1. The van der Waals surface area contributed by atoms with Gasteiger partial charge in [-0.25, -0.2) is 9.97 Å². The third kappa shape index (κ3) is 4.66. The molecule has 8 heteroatoms. The molecule has 2 heterocycles. The van der Waals surface area contributed by atoms with Gasteiger partial charge in [-0.3, -0.25) is 4.90 Å². The van der Waals surface area contributed by atoms with E-state index in [4.69, 9.17) is 21.1 Å². The summed E-state index contributed by atoms with van der Waals surface area (Å²) < 4.78 is 11.0. The van der Waals surface area contributed by atoms with Crippen molar-refractivity contribution in [3.05, 3.63) is 41.3 Å². The molecule has 7 nitrogen and oxygen atoms in total. The van der Waals surface area contributed by atoms with E-state index in [1.165, 1.54) is 12.4 Å². The van der Waals surface area contributed by atoms with E-state index in [9.17, 15) is 9.90 Å². The maximum absolute atomic E-state index is 10.9. The fourth-order valence-electron chi connectivity index (χ4n) is 2.51. The third-order valence-corrected chi connectivity index (χ3v) is 4.17. The number of carbonyl (C=O) groups excluding carboxylic acids is 1. The van der Waals surface area contributed by atoms with Crippen molar-refractivity contribution < 1.29 is 19.4 Å². The van der Waals surface area contributed by atoms with E-state index in [0.717, 1.165) is 32.8 Å². The van der Waals surface area contributed by atoms with Gasteiger partial charge in [0.2, 0.25) is 0 Å². The molecule has 1 aliphatic heterocycles. The largest absolute Gasteiger partial charge is 0.543 e. The number of ether oxygens (including phenoxy) is 2. The highest BCUT2D eigenvalue weighted by Crippen LogP contribution is 2.29. The topological polar surface area (TPSA) is 87.6 Å². The predicted molar refractivity (Wildman–Crippen MR) is 89.6 cm³/mol. The lowest BCUT2D eigenvalue weighted by Gasteiger charge is -2.26. The standard InChI is InChI=1S/C17H18ClN3O4/c18-13-9-12(14-10-15(17(22)23)20-11-19-14)1-2-16(13)25-8-5-21-3-6-24-7-4-21/h1-2,9-11H,3-8H2,(H,22,23)/p-1. The average Bonchev–Trinajstić information content (AvgIpc) is 2.64. The zero-order chi connectivity index (χ0) is 17.6. The van der Waals surface area contributed by atoms with Crippen molar-refractivity contribution in [2.75, 3.05) is 39.5 Å². The van der Waals surface area contributed by atoms with E-state index >= 15 is 0 Å². The number of hydrogen-bond acceptors (Lipinski definition) is 7. The van der Waals surface area contributed by atoms with Crippen LogP contribution >= 0.6 is 11.6 Å². The summed E-state index contributed by atoms with van der Waals surface area (Å²) in [6.45, 7) is 4.66. The van der Waals surface area contributed by atoms with E-state index in [1.807, 2.05) is 0 Å². The van der Waals surface area contributed by atoms with Gasteiger partial charge < -0.3 is 19.4 Å². The summed E-state index contributed by atoms with van der Waals surface area (Å²) in [4.78, 5) is 20.9. The van der Waals surface area contributed by atoms with Gasteiger partial charge in [-0.05, 0) is 24.3 Å². The monoisotopic (exact) mass is 362 g/mol. The normalized spacial score (nSPS) is 15.1. The van der Waals surface area contributed by atoms with E-state index in [-0.39, 0.29) is 5.69 Å². The van der Waals surface area contributed by atoms with Crippen molar-refractivity contribution in [3.8, 4) is 17.0 Å². The molecule has 0 saturated carbocycles. The molecule has 1 saturated heterocycles. The Bertz CT molecular complexity index is 750. The fourth-order valence-corrected chi connectivity index (χ4v) is 2.75. The number of rotatable bonds is 6. The summed E-state index contributed by atoms with van der Waals surface area (Å²) in [7, 11) is 0. The first-order valence-electron chi connectivity index (χ1n) is 7.90. The summed E-state index contributed by atoms with van der Waals surface area (Å²) in [5, 5.41) is 11.3. The average molecular weight is 363 g/mol. The molecule has 132 valence electrons. The Morgan fingerprint density at radius 1 is 1.28 bits per heavy atom. The quantitative estimate of drug-likeness (QED) is 0.753. The van der Waals surface area contributed by atoms with E-state index in [0.29, 0.717) is 28.6 Å². The van der Waals surface area contributed by atoms with Crippen LogP contribution in [0.3, 0.4) is 0 Å². The van der Waals surface area contributed by atoms with Gasteiger partial charge in [0, 0.05) is 25.2 Å². The Kier molecular flexibility index (Phi) is 5.80. The summed E-state index contributed by atoms with van der Waals surface area (Å²) in [5.41, 5.74) is 0.957. The Balaban J connectivity index is 1.64. The van der Waals surface area contributed by atoms with Crippen LogP contribution in [0.4, 0.5) is 0 Å². The Hall–Kier alpha value is -2.22. The molecule has 0 radical (unpaired) electrons. The molecule has 1 aliphatic rings. The van der Waals surface area contributed by atoms with Crippen molar-refractivity contribution in [2.45, 2.75) is 0 Å². The lowest BCUT2D eigenvalue weighted by Crippen LogP contribution is -2.38. The van der Waals surface area contributed by atoms with Crippen LogP contribution in [0.5, 0.6) is 5.75 Å². The minimum absolute atomic E-state index is 0.174. The number of nitrogens with zero attached hydrogens (tertiary/aromatic N) is 3. The Morgan fingerprint density at radius 2 is 2.08 bits per heavy atom. The van der Waals surface area contributed by atoms with Crippen LogP contribution in [0.25, 0.3) is 11.3 Å². The number of halogens is 1. The minimum Gasteiger partial charge on any atom is -0.543 e. The van der Waals surface area contributed by atoms with Gasteiger partial charge in [-0.1, -0.05) is 11.6 Å². The van der Waals surface area contributed by atoms with Crippen molar-refractivity contribution in [2.24, 2.45) is 0 Å². The molecule has 0 unspecified atom stereocenters. The summed E-state index contributed by atoms with van der Waals surface area (Å²) in [6, 6.07) is 6.56. The maximum Gasteiger partial charge on any atom is 0.137 e. The van der Waals surface area contributed by atoms with Gasteiger partial charge in [0.25, 0.3) is 0 Å². The van der Waals surface area contributed by atoms with E-state index in [2.05, 4.69) is 14.9 Å². The minimum atomic E-state index is -1.35. The molecule has 2 aromatic rings. The number of carboxylic acids is 1. The fraction of sp³-hybridized carbons (Fsp3) is 0.353. The predicted octanol–water partition coefficient (Wildman–Crippen LogP) is 0.872. The van der Waals surface area contributed by atoms with Crippen LogP contribution in [0.15, 0.2) is 30.6 Å². The van der Waals surface area contributed by atoms with Gasteiger partial charge in [0.15, 0.2) is 0 Å². The van der Waals surface area contributed by atoms with Crippen molar-refractivity contribution >= 4 is 17.6 Å². The first-order chi connectivity index (χ1) is 12.1. The number of hydrogen-bond donors (Lipinski definition) is 0. The molecule has 0 atom stereocenters. The van der Waals surface area contributed by atoms with Crippen molar-refractivity contribution in [3.63, 3.8) is 0 Å². The Morgan fingerprint density at radius 3 is 2.80 bits per heavy atom. The van der Waals surface area contributed by atoms with Crippen molar-refractivity contribution in [1.29, 1.82) is 0 Å². The van der Waals surface area contributed by atoms with Crippen LogP contribution in [0, 0.1) is 0 Å². The number of morpholine rings is 1. The molecule has 3 rings (SSSR count). The summed E-state index contributed by atoms with van der Waals surface area (Å²) in [5.74, 6) is -0.773. The summed E-state index contributed by atoms with van der Waals surface area (Å²) in [6.07, 6.45) is 1.18. The SMILES string of the molecule is O=C([O-])c1cc(-c2ccc(OCCN3CCOCC3)c(Cl)c2)ncn1. The molecular weight excluding hydrogens is 346 g/mol. The molecule has 0 spiro atoms. The number of benzene rings is 1. The molecule has 25 heavy (non-hydrogen) atoms. The van der Waals surface area contributed by atoms with Crippen LogP contribution in [0.1, 0.15) is 10.5 Å². The second-order valence-electron chi connectivity index (χ2n) is 5.52. The third-order valence-electron chi connectivity index (χ3n) is 3.87. The van der Waals surface area contributed by atoms with E-state index < -0.39 is 5.97 Å². The molecule has 0 amide bonds.